The number of nitrogens with zero attached hydrogens (tertiary/aromatic N) is 4. The summed E-state index contributed by atoms with van der Waals surface area (Å²) in [4.78, 5) is 30.1. The minimum Gasteiger partial charge on any atom is -0.481 e. The van der Waals surface area contributed by atoms with Gasteiger partial charge < -0.3 is 9.84 Å². The van der Waals surface area contributed by atoms with Crippen LogP contribution < -0.4 is 0 Å². The average molecular weight is 529 g/mol. The van der Waals surface area contributed by atoms with Crippen molar-refractivity contribution < 1.29 is 19.4 Å². The van der Waals surface area contributed by atoms with Crippen molar-refractivity contribution in [2.24, 2.45) is 10.9 Å². The van der Waals surface area contributed by atoms with Crippen LogP contribution in [-0.2, 0) is 16.1 Å². The molecule has 2 aromatic heterocycles. The van der Waals surface area contributed by atoms with Crippen LogP contribution in [0.2, 0.25) is 0 Å². The number of thiophene rings is 1. The maximum Gasteiger partial charge on any atom is 0.308 e. The second-order valence-electron chi connectivity index (χ2n) is 9.47. The number of fused-ring (bicyclic) bond motifs is 3. The van der Waals surface area contributed by atoms with E-state index in [1.807, 2.05) is 66.9 Å². The lowest BCUT2D eigenvalue weighted by Crippen LogP contribution is -2.21. The number of aliphatic carboxylic acids is 1. The number of hydrogen-bond donors (Lipinski definition) is 1. The highest BCUT2D eigenvalue weighted by atomic mass is 32.1. The molecule has 0 radical (unpaired) electrons. The summed E-state index contributed by atoms with van der Waals surface area (Å²) in [5, 5.41) is 19.5. The van der Waals surface area contributed by atoms with Crippen molar-refractivity contribution in [1.82, 2.24) is 14.8 Å². The summed E-state index contributed by atoms with van der Waals surface area (Å²) in [5.74, 6) is -0.561. The lowest BCUT2D eigenvalue weighted by atomic mass is 9.95. The van der Waals surface area contributed by atoms with Gasteiger partial charge in [-0.2, -0.15) is 0 Å². The SMILES string of the molecule is COCc1sc2c(c1C)C(c1ccc(-c3cccc(C(C)=O)c3)cc1)=N[C@@H](C(C)C(=O)O)c1nnc(C)n1-2. The Morgan fingerprint density at radius 1 is 1.08 bits per heavy atom. The summed E-state index contributed by atoms with van der Waals surface area (Å²) in [5.41, 5.74) is 6.11. The Balaban J connectivity index is 1.69. The molecule has 194 valence electrons. The highest BCUT2D eigenvalue weighted by molar-refractivity contribution is 7.15. The standard InChI is InChI=1S/C29H28N4O4S/c1-15-23(14-37-5)38-28-24(15)26(30-25(16(2)29(35)36)27-32-31-18(4)33(27)28)20-11-9-19(10-12-20)22-8-6-7-21(13-22)17(3)34/h6-13,16,25H,14H2,1-5H3,(H,35,36)/t16?,25-/m0/s1. The predicted molar refractivity (Wildman–Crippen MR) is 146 cm³/mol. The van der Waals surface area contributed by atoms with Crippen LogP contribution in [0.25, 0.3) is 16.1 Å². The molecule has 4 aromatic rings. The fraction of sp³-hybridized carbons (Fsp3) is 0.276. The zero-order valence-corrected chi connectivity index (χ0v) is 22.7. The van der Waals surface area contributed by atoms with Crippen LogP contribution in [0, 0.1) is 19.8 Å². The van der Waals surface area contributed by atoms with E-state index in [4.69, 9.17) is 9.73 Å². The second kappa shape index (κ2) is 10.1. The first-order valence-electron chi connectivity index (χ1n) is 12.3. The number of hydrogen-bond acceptors (Lipinski definition) is 7. The summed E-state index contributed by atoms with van der Waals surface area (Å²) < 4.78 is 7.41. The summed E-state index contributed by atoms with van der Waals surface area (Å²) in [6, 6.07) is 14.8. The van der Waals surface area contributed by atoms with E-state index in [1.165, 1.54) is 0 Å². The molecule has 0 aliphatic carbocycles. The number of methoxy groups -OCH3 is 1. The van der Waals surface area contributed by atoms with Gasteiger partial charge in [0.25, 0.3) is 0 Å². The molecule has 2 atom stereocenters. The molecule has 1 unspecified atom stereocenters. The Hall–Kier alpha value is -3.95. The Morgan fingerprint density at radius 3 is 2.45 bits per heavy atom. The van der Waals surface area contributed by atoms with Crippen molar-refractivity contribution in [2.75, 3.05) is 7.11 Å². The molecule has 0 saturated heterocycles. The van der Waals surface area contributed by atoms with Crippen molar-refractivity contribution in [3.05, 3.63) is 87.3 Å². The number of aryl methyl sites for hydroxylation is 1. The van der Waals surface area contributed by atoms with E-state index in [0.717, 1.165) is 37.7 Å². The third kappa shape index (κ3) is 4.37. The largest absolute Gasteiger partial charge is 0.481 e. The van der Waals surface area contributed by atoms with Crippen molar-refractivity contribution >= 4 is 28.8 Å². The van der Waals surface area contributed by atoms with E-state index in [2.05, 4.69) is 10.2 Å². The van der Waals surface area contributed by atoms with Gasteiger partial charge >= 0.3 is 5.97 Å². The molecule has 9 heteroatoms. The Morgan fingerprint density at radius 2 is 1.79 bits per heavy atom. The number of ketones is 1. The molecule has 8 nitrogen and oxygen atoms in total. The van der Waals surface area contributed by atoms with Crippen LogP contribution in [0.4, 0.5) is 0 Å². The number of carboxylic acid groups (broad SMARTS) is 1. The number of aliphatic imine (C=N–C) groups is 1. The highest BCUT2D eigenvalue weighted by Gasteiger charge is 2.36. The van der Waals surface area contributed by atoms with Crippen LogP contribution in [0.3, 0.4) is 0 Å². The van der Waals surface area contributed by atoms with Crippen molar-refractivity contribution in [3.8, 4) is 16.1 Å². The zero-order valence-electron chi connectivity index (χ0n) is 21.8. The number of ether oxygens (including phenoxy) is 1. The molecule has 2 aromatic carbocycles. The molecule has 3 heterocycles. The third-order valence-corrected chi connectivity index (χ3v) is 8.20. The summed E-state index contributed by atoms with van der Waals surface area (Å²) >= 11 is 1.58. The molecule has 0 spiro atoms. The maximum absolute atomic E-state index is 12.1. The minimum absolute atomic E-state index is 0.0181. The first kappa shape index (κ1) is 25.7. The Kier molecular flexibility index (Phi) is 6.81. The summed E-state index contributed by atoms with van der Waals surface area (Å²) in [7, 11) is 1.67. The van der Waals surface area contributed by atoms with Gasteiger partial charge in [-0.3, -0.25) is 19.1 Å². The predicted octanol–water partition coefficient (Wildman–Crippen LogP) is 5.57. The van der Waals surface area contributed by atoms with Crippen LogP contribution in [-0.4, -0.2) is 44.4 Å². The van der Waals surface area contributed by atoms with Gasteiger partial charge in [-0.1, -0.05) is 42.5 Å². The first-order valence-corrected chi connectivity index (χ1v) is 13.1. The van der Waals surface area contributed by atoms with Gasteiger partial charge in [-0.05, 0) is 50.5 Å². The number of carbonyl (C=O) groups is 2. The third-order valence-electron chi connectivity index (χ3n) is 6.95. The topological polar surface area (TPSA) is 107 Å². The van der Waals surface area contributed by atoms with Crippen molar-refractivity contribution in [3.63, 3.8) is 0 Å². The molecular weight excluding hydrogens is 500 g/mol. The molecule has 1 aliphatic rings. The minimum atomic E-state index is -0.951. The van der Waals surface area contributed by atoms with E-state index in [9.17, 15) is 14.7 Å². The maximum atomic E-state index is 12.1. The second-order valence-corrected chi connectivity index (χ2v) is 10.6. The quantitative estimate of drug-likeness (QED) is 0.314. The van der Waals surface area contributed by atoms with E-state index in [-0.39, 0.29) is 5.78 Å². The van der Waals surface area contributed by atoms with E-state index >= 15 is 0 Å². The van der Waals surface area contributed by atoms with Crippen LogP contribution >= 0.6 is 11.3 Å². The number of carbonyl (C=O) groups excluding carboxylic acids is 1. The van der Waals surface area contributed by atoms with Gasteiger partial charge in [0.1, 0.15) is 16.9 Å². The van der Waals surface area contributed by atoms with Crippen molar-refractivity contribution in [2.45, 2.75) is 40.3 Å². The van der Waals surface area contributed by atoms with Gasteiger partial charge in [-0.25, -0.2) is 0 Å². The monoisotopic (exact) mass is 528 g/mol. The van der Waals surface area contributed by atoms with Gasteiger partial charge in [0, 0.05) is 28.7 Å². The van der Waals surface area contributed by atoms with Gasteiger partial charge in [0.15, 0.2) is 11.6 Å². The number of carboxylic acids is 1. The molecule has 1 N–H and O–H groups in total. The van der Waals surface area contributed by atoms with Crippen LogP contribution in [0.1, 0.15) is 63.5 Å². The van der Waals surface area contributed by atoms with E-state index in [1.54, 1.807) is 32.3 Å². The number of benzene rings is 2. The molecule has 0 saturated carbocycles. The fourth-order valence-electron chi connectivity index (χ4n) is 4.76. The van der Waals surface area contributed by atoms with Gasteiger partial charge in [0.05, 0.1) is 18.2 Å². The van der Waals surface area contributed by atoms with Crippen LogP contribution in [0.5, 0.6) is 0 Å². The van der Waals surface area contributed by atoms with E-state index < -0.39 is 17.9 Å². The summed E-state index contributed by atoms with van der Waals surface area (Å²) in [6.45, 7) is 7.56. The normalized spacial score (nSPS) is 15.3. The molecular formula is C29H28N4O4S. The van der Waals surface area contributed by atoms with E-state index in [0.29, 0.717) is 29.5 Å². The summed E-state index contributed by atoms with van der Waals surface area (Å²) in [6.07, 6.45) is 0. The smallest absolute Gasteiger partial charge is 0.308 e. The lowest BCUT2D eigenvalue weighted by molar-refractivity contribution is -0.141. The first-order chi connectivity index (χ1) is 18.2. The van der Waals surface area contributed by atoms with Gasteiger partial charge in [-0.15, -0.1) is 21.5 Å². The molecule has 38 heavy (non-hydrogen) atoms. The Bertz CT molecular complexity index is 1580. The fourth-order valence-corrected chi connectivity index (χ4v) is 6.09. The highest BCUT2D eigenvalue weighted by Crippen LogP contribution is 2.41. The molecule has 0 amide bonds. The van der Waals surface area contributed by atoms with Crippen LogP contribution in [0.15, 0.2) is 53.5 Å². The molecule has 0 fully saturated rings. The molecule has 0 bridgehead atoms. The lowest BCUT2D eigenvalue weighted by Gasteiger charge is -2.16. The van der Waals surface area contributed by atoms with Crippen molar-refractivity contribution in [1.29, 1.82) is 0 Å². The zero-order chi connectivity index (χ0) is 27.1. The number of Topliss-reactive ketones (excluding diaryl/α,β-unsaturated/α-hetero) is 1. The van der Waals surface area contributed by atoms with Gasteiger partial charge in [0.2, 0.25) is 0 Å². The molecule has 5 rings (SSSR count). The average Bonchev–Trinajstić information content (AvgIpc) is 3.39. The molecule has 1 aliphatic heterocycles. The Labute approximate surface area is 224 Å². The number of aromatic nitrogens is 3. The number of rotatable bonds is 7.